The van der Waals surface area contributed by atoms with Gasteiger partial charge in [-0.25, -0.2) is 14.8 Å². The maximum Gasteiger partial charge on any atom is 0.340 e. The molecule has 0 aliphatic heterocycles. The van der Waals surface area contributed by atoms with Crippen LogP contribution in [-0.4, -0.2) is 22.5 Å². The van der Waals surface area contributed by atoms with E-state index in [2.05, 4.69) is 9.97 Å². The average molecular weight is 290 g/mol. The summed E-state index contributed by atoms with van der Waals surface area (Å²) in [6, 6.07) is 3.60. The lowest BCUT2D eigenvalue weighted by molar-refractivity contribution is 0.0523. The SMILES string of the molecule is CCOC(=O)c1ccc(-c2nccs2)nc1C(C)(C)C. The van der Waals surface area contributed by atoms with Gasteiger partial charge in [-0.15, -0.1) is 11.3 Å². The smallest absolute Gasteiger partial charge is 0.340 e. The van der Waals surface area contributed by atoms with Crippen LogP contribution in [0.25, 0.3) is 10.7 Å². The van der Waals surface area contributed by atoms with E-state index in [0.717, 1.165) is 16.4 Å². The molecule has 0 amide bonds. The molecule has 0 aromatic carbocycles. The normalized spacial score (nSPS) is 11.4. The number of hydrogen-bond acceptors (Lipinski definition) is 5. The summed E-state index contributed by atoms with van der Waals surface area (Å²) >= 11 is 1.53. The summed E-state index contributed by atoms with van der Waals surface area (Å²) < 4.78 is 5.10. The van der Waals surface area contributed by atoms with Gasteiger partial charge >= 0.3 is 5.97 Å². The van der Waals surface area contributed by atoms with Crippen LogP contribution in [0.2, 0.25) is 0 Å². The van der Waals surface area contributed by atoms with Crippen LogP contribution >= 0.6 is 11.3 Å². The highest BCUT2D eigenvalue weighted by Gasteiger charge is 2.25. The molecule has 0 saturated heterocycles. The molecule has 0 unspecified atom stereocenters. The molecular weight excluding hydrogens is 272 g/mol. The fourth-order valence-electron chi connectivity index (χ4n) is 1.87. The maximum absolute atomic E-state index is 12.0. The minimum atomic E-state index is -0.324. The van der Waals surface area contributed by atoms with E-state index in [1.807, 2.05) is 32.2 Å². The molecule has 0 atom stereocenters. The predicted molar refractivity (Wildman–Crippen MR) is 80.0 cm³/mol. The lowest BCUT2D eigenvalue weighted by atomic mass is 9.88. The van der Waals surface area contributed by atoms with E-state index in [9.17, 15) is 4.79 Å². The first-order valence-corrected chi connectivity index (χ1v) is 7.40. The van der Waals surface area contributed by atoms with Gasteiger partial charge in [0, 0.05) is 17.0 Å². The summed E-state index contributed by atoms with van der Waals surface area (Å²) in [6.45, 7) is 8.25. The molecule has 0 aliphatic rings. The molecule has 2 rings (SSSR count). The van der Waals surface area contributed by atoms with Crippen molar-refractivity contribution in [1.82, 2.24) is 9.97 Å². The van der Waals surface area contributed by atoms with Crippen LogP contribution in [0.5, 0.6) is 0 Å². The summed E-state index contributed by atoms with van der Waals surface area (Å²) in [5, 5.41) is 2.76. The van der Waals surface area contributed by atoms with Gasteiger partial charge in [-0.2, -0.15) is 0 Å². The Morgan fingerprint density at radius 1 is 1.35 bits per heavy atom. The van der Waals surface area contributed by atoms with Gasteiger partial charge in [-0.05, 0) is 19.1 Å². The first-order chi connectivity index (χ1) is 9.43. The van der Waals surface area contributed by atoms with Crippen molar-refractivity contribution in [3.8, 4) is 10.7 Å². The van der Waals surface area contributed by atoms with Crippen molar-refractivity contribution in [1.29, 1.82) is 0 Å². The van der Waals surface area contributed by atoms with E-state index < -0.39 is 0 Å². The number of pyridine rings is 1. The number of nitrogens with zero attached hydrogens (tertiary/aromatic N) is 2. The van der Waals surface area contributed by atoms with E-state index >= 15 is 0 Å². The van der Waals surface area contributed by atoms with Crippen molar-refractivity contribution in [3.63, 3.8) is 0 Å². The molecule has 4 nitrogen and oxygen atoms in total. The molecule has 0 bridgehead atoms. The van der Waals surface area contributed by atoms with Gasteiger partial charge in [0.15, 0.2) is 0 Å². The van der Waals surface area contributed by atoms with Crippen molar-refractivity contribution < 1.29 is 9.53 Å². The Morgan fingerprint density at radius 2 is 2.10 bits per heavy atom. The highest BCUT2D eigenvalue weighted by atomic mass is 32.1. The third-order valence-electron chi connectivity index (χ3n) is 2.75. The average Bonchev–Trinajstić information content (AvgIpc) is 2.91. The van der Waals surface area contributed by atoms with Gasteiger partial charge in [0.1, 0.15) is 5.01 Å². The van der Waals surface area contributed by atoms with Gasteiger partial charge in [-0.1, -0.05) is 20.8 Å². The monoisotopic (exact) mass is 290 g/mol. The highest BCUT2D eigenvalue weighted by molar-refractivity contribution is 7.13. The van der Waals surface area contributed by atoms with Crippen molar-refractivity contribution in [2.75, 3.05) is 6.61 Å². The van der Waals surface area contributed by atoms with Gasteiger partial charge in [0.2, 0.25) is 0 Å². The highest BCUT2D eigenvalue weighted by Crippen LogP contribution is 2.28. The first-order valence-electron chi connectivity index (χ1n) is 6.52. The molecular formula is C15H18N2O2S. The van der Waals surface area contributed by atoms with Gasteiger partial charge in [-0.3, -0.25) is 0 Å². The van der Waals surface area contributed by atoms with E-state index in [1.54, 1.807) is 19.2 Å². The van der Waals surface area contributed by atoms with E-state index in [1.165, 1.54) is 11.3 Å². The standard InChI is InChI=1S/C15H18N2O2S/c1-5-19-14(18)10-6-7-11(13-16-8-9-20-13)17-12(10)15(2,3)4/h6-9H,5H2,1-4H3. The number of esters is 1. The summed E-state index contributed by atoms with van der Waals surface area (Å²) in [6.07, 6.45) is 1.75. The summed E-state index contributed by atoms with van der Waals surface area (Å²) in [5.74, 6) is -0.324. The van der Waals surface area contributed by atoms with Crippen LogP contribution < -0.4 is 0 Å². The second kappa shape index (κ2) is 5.71. The fourth-order valence-corrected chi connectivity index (χ4v) is 2.48. The molecule has 0 aliphatic carbocycles. The first kappa shape index (κ1) is 14.7. The topological polar surface area (TPSA) is 52.1 Å². The van der Waals surface area contributed by atoms with E-state index in [4.69, 9.17) is 4.74 Å². The molecule has 0 spiro atoms. The van der Waals surface area contributed by atoms with Gasteiger partial charge in [0.25, 0.3) is 0 Å². The zero-order valence-electron chi connectivity index (χ0n) is 12.1. The lowest BCUT2D eigenvalue weighted by Gasteiger charge is -2.21. The van der Waals surface area contributed by atoms with Crippen molar-refractivity contribution in [3.05, 3.63) is 35.0 Å². The van der Waals surface area contributed by atoms with Crippen LogP contribution in [-0.2, 0) is 10.2 Å². The largest absolute Gasteiger partial charge is 0.462 e. The molecule has 2 aromatic rings. The Bertz CT molecular complexity index is 601. The van der Waals surface area contributed by atoms with Crippen molar-refractivity contribution in [2.24, 2.45) is 0 Å². The number of ether oxygens (including phenoxy) is 1. The molecule has 106 valence electrons. The number of thiazole rings is 1. The fraction of sp³-hybridized carbons (Fsp3) is 0.400. The molecule has 0 radical (unpaired) electrons. The quantitative estimate of drug-likeness (QED) is 0.809. The molecule has 20 heavy (non-hydrogen) atoms. The number of hydrogen-bond donors (Lipinski definition) is 0. The Labute approximate surface area is 122 Å². The maximum atomic E-state index is 12.0. The van der Waals surface area contributed by atoms with Crippen LogP contribution in [0, 0.1) is 0 Å². The molecule has 0 fully saturated rings. The number of aromatic nitrogens is 2. The van der Waals surface area contributed by atoms with Crippen LogP contribution in [0.3, 0.4) is 0 Å². The van der Waals surface area contributed by atoms with E-state index in [-0.39, 0.29) is 11.4 Å². The van der Waals surface area contributed by atoms with Gasteiger partial charge < -0.3 is 4.74 Å². The minimum Gasteiger partial charge on any atom is -0.462 e. The zero-order chi connectivity index (χ0) is 14.8. The lowest BCUT2D eigenvalue weighted by Crippen LogP contribution is -2.20. The summed E-state index contributed by atoms with van der Waals surface area (Å²) in [4.78, 5) is 20.9. The molecule has 0 N–H and O–H groups in total. The summed E-state index contributed by atoms with van der Waals surface area (Å²) in [7, 11) is 0. The van der Waals surface area contributed by atoms with Crippen LogP contribution in [0.1, 0.15) is 43.7 Å². The van der Waals surface area contributed by atoms with Crippen LogP contribution in [0.15, 0.2) is 23.7 Å². The molecule has 2 heterocycles. The zero-order valence-corrected chi connectivity index (χ0v) is 13.0. The second-order valence-corrected chi connectivity index (χ2v) is 6.29. The van der Waals surface area contributed by atoms with Crippen LogP contribution in [0.4, 0.5) is 0 Å². The third kappa shape index (κ3) is 3.04. The Kier molecular flexibility index (Phi) is 4.18. The summed E-state index contributed by atoms with van der Waals surface area (Å²) in [5.41, 5.74) is 1.82. The Balaban J connectivity index is 2.52. The molecule has 0 saturated carbocycles. The third-order valence-corrected chi connectivity index (χ3v) is 3.55. The predicted octanol–water partition coefficient (Wildman–Crippen LogP) is 3.68. The van der Waals surface area contributed by atoms with Gasteiger partial charge in [0.05, 0.1) is 23.6 Å². The number of rotatable bonds is 3. The van der Waals surface area contributed by atoms with Crippen molar-refractivity contribution in [2.45, 2.75) is 33.1 Å². The number of carbonyl (C=O) groups excluding carboxylic acids is 1. The molecule has 2 aromatic heterocycles. The Morgan fingerprint density at radius 3 is 2.65 bits per heavy atom. The molecule has 5 heteroatoms. The van der Waals surface area contributed by atoms with Crippen molar-refractivity contribution >= 4 is 17.3 Å². The van der Waals surface area contributed by atoms with E-state index in [0.29, 0.717) is 12.2 Å². The second-order valence-electron chi connectivity index (χ2n) is 5.40. The number of carbonyl (C=O) groups is 1. The minimum absolute atomic E-state index is 0.241. The Hall–Kier alpha value is -1.75.